The predicted octanol–water partition coefficient (Wildman–Crippen LogP) is 2.58. The zero-order chi connectivity index (χ0) is 15.8. The fourth-order valence-electron chi connectivity index (χ4n) is 2.64. The van der Waals surface area contributed by atoms with Crippen LogP contribution in [-0.2, 0) is 16.1 Å². The summed E-state index contributed by atoms with van der Waals surface area (Å²) in [4.78, 5) is 23.3. The summed E-state index contributed by atoms with van der Waals surface area (Å²) in [6, 6.07) is 9.32. The van der Waals surface area contributed by atoms with Crippen LogP contribution >= 0.6 is 11.6 Å². The van der Waals surface area contributed by atoms with Gasteiger partial charge in [-0.3, -0.25) is 4.79 Å². The Balaban J connectivity index is 1.81. The van der Waals surface area contributed by atoms with E-state index in [2.05, 4.69) is 10.6 Å². The number of rotatable bonds is 5. The number of hydrogen-bond donors (Lipinski definition) is 2. The van der Waals surface area contributed by atoms with Crippen molar-refractivity contribution >= 4 is 23.6 Å². The van der Waals surface area contributed by atoms with Gasteiger partial charge in [-0.1, -0.05) is 43.2 Å². The maximum absolute atomic E-state index is 11.9. The Kier molecular flexibility index (Phi) is 6.52. The SMILES string of the molecule is O=C(CCl)N[C@@H]1CCCC[C@H]1NC(=O)OCc1ccccc1. The van der Waals surface area contributed by atoms with Crippen molar-refractivity contribution in [3.8, 4) is 0 Å². The van der Waals surface area contributed by atoms with E-state index < -0.39 is 6.09 Å². The summed E-state index contributed by atoms with van der Waals surface area (Å²) in [6.07, 6.45) is 3.27. The van der Waals surface area contributed by atoms with Gasteiger partial charge in [0.05, 0.1) is 6.04 Å². The molecule has 2 atom stereocenters. The van der Waals surface area contributed by atoms with Gasteiger partial charge >= 0.3 is 6.09 Å². The molecular formula is C16H21ClN2O3. The van der Waals surface area contributed by atoms with Crippen molar-refractivity contribution in [2.24, 2.45) is 0 Å². The number of hydrogen-bond acceptors (Lipinski definition) is 3. The Morgan fingerprint density at radius 1 is 1.09 bits per heavy atom. The number of alkyl halides is 1. The van der Waals surface area contributed by atoms with E-state index in [1.54, 1.807) is 0 Å². The summed E-state index contributed by atoms with van der Waals surface area (Å²) in [5, 5.41) is 5.71. The van der Waals surface area contributed by atoms with Crippen LogP contribution in [0.15, 0.2) is 30.3 Å². The number of carbonyl (C=O) groups is 2. The second-order valence-corrected chi connectivity index (χ2v) is 5.67. The number of ether oxygens (including phenoxy) is 1. The first-order valence-corrected chi connectivity index (χ1v) is 8.05. The number of halogens is 1. The van der Waals surface area contributed by atoms with Gasteiger partial charge in [0.15, 0.2) is 0 Å². The van der Waals surface area contributed by atoms with E-state index in [4.69, 9.17) is 16.3 Å². The molecule has 0 heterocycles. The molecule has 22 heavy (non-hydrogen) atoms. The van der Waals surface area contributed by atoms with Gasteiger partial charge in [0, 0.05) is 6.04 Å². The minimum atomic E-state index is -0.458. The van der Waals surface area contributed by atoms with E-state index in [1.807, 2.05) is 30.3 Å². The monoisotopic (exact) mass is 324 g/mol. The fraction of sp³-hybridized carbons (Fsp3) is 0.500. The van der Waals surface area contributed by atoms with Crippen LogP contribution in [0.2, 0.25) is 0 Å². The van der Waals surface area contributed by atoms with Crippen LogP contribution in [0.1, 0.15) is 31.2 Å². The molecule has 1 fully saturated rings. The topological polar surface area (TPSA) is 67.4 Å². The van der Waals surface area contributed by atoms with Crippen LogP contribution in [0.5, 0.6) is 0 Å². The van der Waals surface area contributed by atoms with Gasteiger partial charge in [-0.25, -0.2) is 4.79 Å². The summed E-state index contributed by atoms with van der Waals surface area (Å²) >= 11 is 5.52. The van der Waals surface area contributed by atoms with Gasteiger partial charge < -0.3 is 15.4 Å². The van der Waals surface area contributed by atoms with Gasteiger partial charge in [0.25, 0.3) is 0 Å². The van der Waals surface area contributed by atoms with Crippen LogP contribution in [0.3, 0.4) is 0 Å². The van der Waals surface area contributed by atoms with Gasteiger partial charge in [-0.15, -0.1) is 11.6 Å². The Morgan fingerprint density at radius 3 is 2.36 bits per heavy atom. The summed E-state index contributed by atoms with van der Waals surface area (Å²) in [7, 11) is 0. The summed E-state index contributed by atoms with van der Waals surface area (Å²) in [6.45, 7) is 0.234. The molecule has 0 aliphatic heterocycles. The fourth-order valence-corrected chi connectivity index (χ4v) is 2.72. The van der Waals surface area contributed by atoms with Crippen molar-refractivity contribution in [2.75, 3.05) is 5.88 Å². The zero-order valence-electron chi connectivity index (χ0n) is 12.4. The average Bonchev–Trinajstić information content (AvgIpc) is 2.55. The lowest BCUT2D eigenvalue weighted by atomic mass is 9.90. The molecule has 1 aromatic rings. The quantitative estimate of drug-likeness (QED) is 0.818. The second-order valence-electron chi connectivity index (χ2n) is 5.40. The maximum Gasteiger partial charge on any atom is 0.407 e. The Morgan fingerprint density at radius 2 is 1.73 bits per heavy atom. The highest BCUT2D eigenvalue weighted by Crippen LogP contribution is 2.19. The number of amides is 2. The highest BCUT2D eigenvalue weighted by Gasteiger charge is 2.27. The second kappa shape index (κ2) is 8.63. The van der Waals surface area contributed by atoms with Gasteiger partial charge in [-0.05, 0) is 18.4 Å². The summed E-state index contributed by atoms with van der Waals surface area (Å²) in [5.74, 6) is -0.278. The molecule has 1 aliphatic carbocycles. The van der Waals surface area contributed by atoms with E-state index in [0.717, 1.165) is 31.2 Å². The lowest BCUT2D eigenvalue weighted by Crippen LogP contribution is -2.53. The molecule has 1 aromatic carbocycles. The molecule has 2 rings (SSSR count). The van der Waals surface area contributed by atoms with E-state index in [9.17, 15) is 9.59 Å². The third kappa shape index (κ3) is 5.22. The molecule has 120 valence electrons. The van der Waals surface area contributed by atoms with Crippen molar-refractivity contribution in [3.63, 3.8) is 0 Å². The van der Waals surface area contributed by atoms with Crippen LogP contribution < -0.4 is 10.6 Å². The lowest BCUT2D eigenvalue weighted by Gasteiger charge is -2.32. The van der Waals surface area contributed by atoms with E-state index in [0.29, 0.717) is 0 Å². The van der Waals surface area contributed by atoms with Crippen molar-refractivity contribution in [1.82, 2.24) is 10.6 Å². The van der Waals surface area contributed by atoms with Crippen molar-refractivity contribution in [2.45, 2.75) is 44.4 Å². The third-order valence-corrected chi connectivity index (χ3v) is 3.99. The normalized spacial score (nSPS) is 21.0. The first-order valence-electron chi connectivity index (χ1n) is 7.51. The highest BCUT2D eigenvalue weighted by molar-refractivity contribution is 6.27. The summed E-state index contributed by atoms with van der Waals surface area (Å²) in [5.41, 5.74) is 0.938. The van der Waals surface area contributed by atoms with E-state index >= 15 is 0 Å². The van der Waals surface area contributed by atoms with E-state index in [1.165, 1.54) is 0 Å². The maximum atomic E-state index is 11.9. The molecule has 0 saturated heterocycles. The predicted molar refractivity (Wildman–Crippen MR) is 84.7 cm³/mol. The number of carbonyl (C=O) groups excluding carboxylic acids is 2. The van der Waals surface area contributed by atoms with Gasteiger partial charge in [-0.2, -0.15) is 0 Å². The van der Waals surface area contributed by atoms with Crippen molar-refractivity contribution < 1.29 is 14.3 Å². The largest absolute Gasteiger partial charge is 0.445 e. The van der Waals surface area contributed by atoms with Crippen LogP contribution in [0.4, 0.5) is 4.79 Å². The molecular weight excluding hydrogens is 304 g/mol. The van der Waals surface area contributed by atoms with Crippen molar-refractivity contribution in [1.29, 1.82) is 0 Å². The molecule has 0 unspecified atom stereocenters. The minimum absolute atomic E-state index is 0.0678. The average molecular weight is 325 g/mol. The molecule has 0 spiro atoms. The number of benzene rings is 1. The smallest absolute Gasteiger partial charge is 0.407 e. The van der Waals surface area contributed by atoms with Crippen LogP contribution in [0, 0.1) is 0 Å². The number of nitrogens with one attached hydrogen (secondary N) is 2. The standard InChI is InChI=1S/C16H21ClN2O3/c17-10-15(20)18-13-8-4-5-9-14(13)19-16(21)22-11-12-6-2-1-3-7-12/h1-3,6-7,13-14H,4-5,8-11H2,(H,18,20)(H,19,21)/t13-,14-/m1/s1. The highest BCUT2D eigenvalue weighted by atomic mass is 35.5. The zero-order valence-corrected chi connectivity index (χ0v) is 13.1. The van der Waals surface area contributed by atoms with Gasteiger partial charge in [0.2, 0.25) is 5.91 Å². The van der Waals surface area contributed by atoms with Gasteiger partial charge in [0.1, 0.15) is 12.5 Å². The Bertz CT molecular complexity index is 495. The molecule has 6 heteroatoms. The molecule has 0 radical (unpaired) electrons. The third-order valence-electron chi connectivity index (χ3n) is 3.75. The molecule has 0 bridgehead atoms. The minimum Gasteiger partial charge on any atom is -0.445 e. The van der Waals surface area contributed by atoms with Crippen LogP contribution in [-0.4, -0.2) is 30.0 Å². The van der Waals surface area contributed by atoms with Crippen LogP contribution in [0.25, 0.3) is 0 Å². The Hall–Kier alpha value is -1.75. The first kappa shape index (κ1) is 16.6. The molecule has 2 amide bonds. The summed E-state index contributed by atoms with van der Waals surface area (Å²) < 4.78 is 5.22. The Labute approximate surface area is 135 Å². The molecule has 1 aliphatic rings. The molecule has 2 N–H and O–H groups in total. The molecule has 1 saturated carbocycles. The first-order chi connectivity index (χ1) is 10.7. The lowest BCUT2D eigenvalue weighted by molar-refractivity contribution is -0.119. The number of alkyl carbamates (subject to hydrolysis) is 1. The molecule has 5 nitrogen and oxygen atoms in total. The van der Waals surface area contributed by atoms with E-state index in [-0.39, 0.29) is 30.5 Å². The molecule has 0 aromatic heterocycles. The van der Waals surface area contributed by atoms with Crippen molar-refractivity contribution in [3.05, 3.63) is 35.9 Å².